The molecule has 3 nitrogen and oxygen atoms in total. The van der Waals surface area contributed by atoms with Crippen LogP contribution >= 0.6 is 11.6 Å². The monoisotopic (exact) mass is 316 g/mol. The van der Waals surface area contributed by atoms with Crippen LogP contribution in [0.3, 0.4) is 0 Å². The largest absolute Gasteiger partial charge is 0.497 e. The molecule has 0 aliphatic carbocycles. The van der Waals surface area contributed by atoms with Gasteiger partial charge in [-0.1, -0.05) is 35.9 Å². The first-order valence-corrected chi connectivity index (χ1v) is 7.30. The lowest BCUT2D eigenvalue weighted by atomic mass is 9.97. The van der Waals surface area contributed by atoms with Crippen LogP contribution in [-0.2, 0) is 9.53 Å². The Balaban J connectivity index is 2.52. The minimum atomic E-state index is -0.389. The van der Waals surface area contributed by atoms with Crippen molar-refractivity contribution in [2.75, 3.05) is 13.7 Å². The summed E-state index contributed by atoms with van der Waals surface area (Å²) >= 11 is 6.06. The Morgan fingerprint density at radius 2 is 1.82 bits per heavy atom. The van der Waals surface area contributed by atoms with Crippen molar-refractivity contribution in [2.45, 2.75) is 6.92 Å². The Labute approximate surface area is 135 Å². The Kier molecular flexibility index (Phi) is 5.61. The highest BCUT2D eigenvalue weighted by molar-refractivity contribution is 6.30. The highest BCUT2D eigenvalue weighted by Crippen LogP contribution is 2.28. The molecule has 0 saturated carbocycles. The molecule has 0 heterocycles. The second-order valence-corrected chi connectivity index (χ2v) is 4.99. The molecule has 0 bridgehead atoms. The lowest BCUT2D eigenvalue weighted by Gasteiger charge is -2.10. The van der Waals surface area contributed by atoms with Gasteiger partial charge < -0.3 is 9.47 Å². The summed E-state index contributed by atoms with van der Waals surface area (Å²) in [4.78, 5) is 11.9. The summed E-state index contributed by atoms with van der Waals surface area (Å²) < 4.78 is 10.3. The minimum absolute atomic E-state index is 0.330. The zero-order chi connectivity index (χ0) is 15.9. The lowest BCUT2D eigenvalue weighted by Crippen LogP contribution is -2.02. The molecule has 4 heteroatoms. The van der Waals surface area contributed by atoms with E-state index in [-0.39, 0.29) is 5.97 Å². The number of benzene rings is 2. The maximum atomic E-state index is 11.9. The van der Waals surface area contributed by atoms with E-state index in [0.717, 1.165) is 16.7 Å². The zero-order valence-corrected chi connectivity index (χ0v) is 13.3. The SMILES string of the molecule is CCOC(=O)/C=C(/c1cccc(Cl)c1)c1cccc(OC)c1. The normalized spacial score (nSPS) is 11.1. The van der Waals surface area contributed by atoms with Crippen molar-refractivity contribution in [3.63, 3.8) is 0 Å². The fraction of sp³-hybridized carbons (Fsp3) is 0.167. The fourth-order valence-corrected chi connectivity index (χ4v) is 2.27. The van der Waals surface area contributed by atoms with Crippen LogP contribution in [-0.4, -0.2) is 19.7 Å². The van der Waals surface area contributed by atoms with Gasteiger partial charge >= 0.3 is 5.97 Å². The van der Waals surface area contributed by atoms with Gasteiger partial charge in [0.15, 0.2) is 0 Å². The van der Waals surface area contributed by atoms with Crippen LogP contribution in [0, 0.1) is 0 Å². The standard InChI is InChI=1S/C18H17ClO3/c1-3-22-18(20)12-17(13-6-4-8-15(19)10-13)14-7-5-9-16(11-14)21-2/h4-12H,3H2,1-2H3/b17-12-. The van der Waals surface area contributed by atoms with Crippen molar-refractivity contribution in [3.05, 3.63) is 70.8 Å². The Morgan fingerprint density at radius 3 is 2.45 bits per heavy atom. The van der Waals surface area contributed by atoms with Crippen LogP contribution in [0.4, 0.5) is 0 Å². The first-order chi connectivity index (χ1) is 10.6. The average Bonchev–Trinajstić information content (AvgIpc) is 2.53. The van der Waals surface area contributed by atoms with Gasteiger partial charge in [-0.05, 0) is 47.9 Å². The number of rotatable bonds is 5. The summed E-state index contributed by atoms with van der Waals surface area (Å²) in [5.74, 6) is 0.328. The number of ether oxygens (including phenoxy) is 2. The molecule has 2 aromatic carbocycles. The van der Waals surface area contributed by atoms with Gasteiger partial charge in [-0.3, -0.25) is 0 Å². The molecule has 0 atom stereocenters. The number of methoxy groups -OCH3 is 1. The first-order valence-electron chi connectivity index (χ1n) is 6.93. The summed E-state index contributed by atoms with van der Waals surface area (Å²) in [6.45, 7) is 2.10. The summed E-state index contributed by atoms with van der Waals surface area (Å²) in [7, 11) is 1.60. The van der Waals surface area contributed by atoms with Crippen molar-refractivity contribution >= 4 is 23.1 Å². The smallest absolute Gasteiger partial charge is 0.331 e. The predicted octanol–water partition coefficient (Wildman–Crippen LogP) is 4.34. The van der Waals surface area contributed by atoms with Crippen LogP contribution in [0.15, 0.2) is 54.6 Å². The van der Waals surface area contributed by atoms with Crippen LogP contribution in [0.1, 0.15) is 18.1 Å². The van der Waals surface area contributed by atoms with Gasteiger partial charge in [0, 0.05) is 11.1 Å². The molecule has 114 valence electrons. The lowest BCUT2D eigenvalue weighted by molar-refractivity contribution is -0.137. The van der Waals surface area contributed by atoms with E-state index in [1.54, 1.807) is 20.1 Å². The van der Waals surface area contributed by atoms with Crippen molar-refractivity contribution in [1.82, 2.24) is 0 Å². The molecule has 0 spiro atoms. The topological polar surface area (TPSA) is 35.5 Å². The van der Waals surface area contributed by atoms with E-state index in [4.69, 9.17) is 21.1 Å². The number of carbonyl (C=O) groups is 1. The molecule has 0 N–H and O–H groups in total. The van der Waals surface area contributed by atoms with Crippen molar-refractivity contribution in [1.29, 1.82) is 0 Å². The maximum absolute atomic E-state index is 11.9. The Hall–Kier alpha value is -2.26. The zero-order valence-electron chi connectivity index (χ0n) is 12.5. The molecule has 2 rings (SSSR count). The van der Waals surface area contributed by atoms with Crippen molar-refractivity contribution in [3.8, 4) is 5.75 Å². The summed E-state index contributed by atoms with van der Waals surface area (Å²) in [5, 5.41) is 0.607. The number of carbonyl (C=O) groups excluding carboxylic acids is 1. The van der Waals surface area contributed by atoms with Crippen LogP contribution in [0.2, 0.25) is 5.02 Å². The van der Waals surface area contributed by atoms with Gasteiger partial charge in [0.1, 0.15) is 5.75 Å². The molecule has 0 aliphatic rings. The quantitative estimate of drug-likeness (QED) is 0.608. The van der Waals surface area contributed by atoms with Gasteiger partial charge in [0.25, 0.3) is 0 Å². The molecule has 0 saturated heterocycles. The number of halogens is 1. The summed E-state index contributed by atoms with van der Waals surface area (Å²) in [5.41, 5.74) is 2.43. The van der Waals surface area contributed by atoms with Crippen molar-refractivity contribution < 1.29 is 14.3 Å². The number of esters is 1. The minimum Gasteiger partial charge on any atom is -0.497 e. The van der Waals surface area contributed by atoms with Crippen molar-refractivity contribution in [2.24, 2.45) is 0 Å². The second-order valence-electron chi connectivity index (χ2n) is 4.55. The molecule has 2 aromatic rings. The van der Waals surface area contributed by atoms with E-state index in [2.05, 4.69) is 0 Å². The van der Waals surface area contributed by atoms with E-state index in [1.165, 1.54) is 6.08 Å². The summed E-state index contributed by atoms with van der Waals surface area (Å²) in [6, 6.07) is 14.8. The third-order valence-corrected chi connectivity index (χ3v) is 3.30. The van der Waals surface area contributed by atoms with Gasteiger partial charge in [-0.2, -0.15) is 0 Å². The predicted molar refractivity (Wildman–Crippen MR) is 88.2 cm³/mol. The molecule has 0 radical (unpaired) electrons. The molecule has 0 fully saturated rings. The molecule has 0 aromatic heterocycles. The molecule has 0 amide bonds. The van der Waals surface area contributed by atoms with E-state index in [9.17, 15) is 4.79 Å². The van der Waals surface area contributed by atoms with Crippen LogP contribution in [0.5, 0.6) is 5.75 Å². The van der Waals surface area contributed by atoms with Crippen LogP contribution in [0.25, 0.3) is 5.57 Å². The van der Waals surface area contributed by atoms with E-state index in [1.807, 2.05) is 42.5 Å². The second kappa shape index (κ2) is 7.66. The maximum Gasteiger partial charge on any atom is 0.331 e. The van der Waals surface area contributed by atoms with E-state index < -0.39 is 0 Å². The van der Waals surface area contributed by atoms with E-state index >= 15 is 0 Å². The third-order valence-electron chi connectivity index (χ3n) is 3.07. The molecular formula is C18H17ClO3. The first kappa shape index (κ1) is 16.1. The molecule has 0 aliphatic heterocycles. The van der Waals surface area contributed by atoms with Gasteiger partial charge in [0.2, 0.25) is 0 Å². The highest BCUT2D eigenvalue weighted by atomic mass is 35.5. The third kappa shape index (κ3) is 4.12. The summed E-state index contributed by atoms with van der Waals surface area (Å²) in [6.07, 6.45) is 1.48. The number of hydrogen-bond acceptors (Lipinski definition) is 3. The molecule has 0 unspecified atom stereocenters. The van der Waals surface area contributed by atoms with E-state index in [0.29, 0.717) is 17.4 Å². The Morgan fingerprint density at radius 1 is 1.14 bits per heavy atom. The average molecular weight is 317 g/mol. The van der Waals surface area contributed by atoms with Crippen LogP contribution < -0.4 is 4.74 Å². The molecule has 22 heavy (non-hydrogen) atoms. The van der Waals surface area contributed by atoms with Gasteiger partial charge in [-0.15, -0.1) is 0 Å². The van der Waals surface area contributed by atoms with Gasteiger partial charge in [-0.25, -0.2) is 4.79 Å². The number of hydrogen-bond donors (Lipinski definition) is 0. The fourth-order valence-electron chi connectivity index (χ4n) is 2.08. The highest BCUT2D eigenvalue weighted by Gasteiger charge is 2.10. The Bertz CT molecular complexity index is 692. The molecular weight excluding hydrogens is 300 g/mol. The van der Waals surface area contributed by atoms with Gasteiger partial charge in [0.05, 0.1) is 13.7 Å².